The number of imidazole rings is 1. The van der Waals surface area contributed by atoms with Gasteiger partial charge in [0, 0.05) is 6.07 Å². The van der Waals surface area contributed by atoms with Gasteiger partial charge in [-0.05, 0) is 36.2 Å². The van der Waals surface area contributed by atoms with E-state index in [0.29, 0.717) is 18.3 Å². The van der Waals surface area contributed by atoms with Crippen LogP contribution in [0.25, 0.3) is 11.0 Å². The fourth-order valence-electron chi connectivity index (χ4n) is 3.11. The van der Waals surface area contributed by atoms with Gasteiger partial charge in [0.15, 0.2) is 0 Å². The van der Waals surface area contributed by atoms with E-state index in [9.17, 15) is 13.6 Å². The molecular formula is C22H17F2N3O. The Balaban J connectivity index is 1.67. The van der Waals surface area contributed by atoms with E-state index in [-0.39, 0.29) is 5.56 Å². The number of para-hydroxylation sites is 2. The Morgan fingerprint density at radius 3 is 2.50 bits per heavy atom. The van der Waals surface area contributed by atoms with Crippen molar-refractivity contribution < 1.29 is 13.6 Å². The fourth-order valence-corrected chi connectivity index (χ4v) is 3.11. The average Bonchev–Trinajstić information content (AvgIpc) is 3.12. The summed E-state index contributed by atoms with van der Waals surface area (Å²) >= 11 is 0. The number of benzene rings is 3. The SMILES string of the molecule is O=C(N[C@H](Cc1ccccc1)c1nc2ccccc2[nH]1)c1ccc(F)cc1F. The van der Waals surface area contributed by atoms with Crippen molar-refractivity contribution in [3.8, 4) is 0 Å². The van der Waals surface area contributed by atoms with E-state index in [0.717, 1.165) is 28.7 Å². The molecule has 0 aliphatic carbocycles. The lowest BCUT2D eigenvalue weighted by Crippen LogP contribution is -2.31. The second kappa shape index (κ2) is 7.60. The quantitative estimate of drug-likeness (QED) is 0.536. The van der Waals surface area contributed by atoms with Crippen LogP contribution < -0.4 is 5.32 Å². The summed E-state index contributed by atoms with van der Waals surface area (Å²) in [7, 11) is 0. The molecule has 0 fully saturated rings. The Morgan fingerprint density at radius 2 is 1.75 bits per heavy atom. The molecule has 1 heterocycles. The minimum absolute atomic E-state index is 0.212. The van der Waals surface area contributed by atoms with Crippen LogP contribution in [0.3, 0.4) is 0 Å². The molecule has 4 nitrogen and oxygen atoms in total. The Bertz CT molecular complexity index is 1090. The number of carbonyl (C=O) groups is 1. The molecule has 0 unspecified atom stereocenters. The zero-order valence-electron chi connectivity index (χ0n) is 14.8. The van der Waals surface area contributed by atoms with Gasteiger partial charge in [-0.15, -0.1) is 0 Å². The third-order valence-electron chi connectivity index (χ3n) is 4.50. The Labute approximate surface area is 160 Å². The van der Waals surface area contributed by atoms with Crippen LogP contribution in [0.5, 0.6) is 0 Å². The van der Waals surface area contributed by atoms with Crippen molar-refractivity contribution in [2.75, 3.05) is 0 Å². The average molecular weight is 377 g/mol. The van der Waals surface area contributed by atoms with Gasteiger partial charge in [0.05, 0.1) is 22.6 Å². The lowest BCUT2D eigenvalue weighted by molar-refractivity contribution is 0.0930. The number of fused-ring (bicyclic) bond motifs is 1. The summed E-state index contributed by atoms with van der Waals surface area (Å²) in [5.41, 5.74) is 2.40. The summed E-state index contributed by atoms with van der Waals surface area (Å²) in [6.07, 6.45) is 0.467. The van der Waals surface area contributed by atoms with Crippen molar-refractivity contribution in [3.63, 3.8) is 0 Å². The van der Waals surface area contributed by atoms with Crippen LogP contribution in [0, 0.1) is 11.6 Å². The number of rotatable bonds is 5. The van der Waals surface area contributed by atoms with Crippen LogP contribution in [0.15, 0.2) is 72.8 Å². The maximum absolute atomic E-state index is 14.0. The van der Waals surface area contributed by atoms with Gasteiger partial charge >= 0.3 is 0 Å². The predicted molar refractivity (Wildman–Crippen MR) is 103 cm³/mol. The van der Waals surface area contributed by atoms with Gasteiger partial charge in [0.1, 0.15) is 17.5 Å². The molecule has 1 aromatic heterocycles. The number of hydrogen-bond acceptors (Lipinski definition) is 2. The molecule has 2 N–H and O–H groups in total. The predicted octanol–water partition coefficient (Wildman–Crippen LogP) is 4.55. The summed E-state index contributed by atoms with van der Waals surface area (Å²) in [4.78, 5) is 20.4. The fraction of sp³-hybridized carbons (Fsp3) is 0.0909. The molecule has 0 aliphatic rings. The van der Waals surface area contributed by atoms with Gasteiger partial charge in [-0.1, -0.05) is 42.5 Å². The Kier molecular flexibility index (Phi) is 4.85. The first-order valence-corrected chi connectivity index (χ1v) is 8.84. The Hall–Kier alpha value is -3.54. The minimum Gasteiger partial charge on any atom is -0.342 e. The summed E-state index contributed by atoms with van der Waals surface area (Å²) in [6.45, 7) is 0. The van der Waals surface area contributed by atoms with Crippen LogP contribution in [-0.4, -0.2) is 15.9 Å². The molecule has 140 valence electrons. The number of halogens is 2. The van der Waals surface area contributed by atoms with Crippen molar-refractivity contribution in [2.24, 2.45) is 0 Å². The maximum atomic E-state index is 14.0. The molecule has 28 heavy (non-hydrogen) atoms. The summed E-state index contributed by atoms with van der Waals surface area (Å²) < 4.78 is 27.2. The molecule has 1 atom stereocenters. The number of H-pyrrole nitrogens is 1. The van der Waals surface area contributed by atoms with Crippen LogP contribution in [-0.2, 0) is 6.42 Å². The lowest BCUT2D eigenvalue weighted by atomic mass is 10.0. The number of aromatic amines is 1. The van der Waals surface area contributed by atoms with E-state index in [1.54, 1.807) is 0 Å². The van der Waals surface area contributed by atoms with Crippen molar-refractivity contribution in [2.45, 2.75) is 12.5 Å². The van der Waals surface area contributed by atoms with E-state index < -0.39 is 23.6 Å². The number of hydrogen-bond donors (Lipinski definition) is 2. The van der Waals surface area contributed by atoms with Crippen molar-refractivity contribution >= 4 is 16.9 Å². The third-order valence-corrected chi connectivity index (χ3v) is 4.50. The molecule has 0 radical (unpaired) electrons. The van der Waals surface area contributed by atoms with Gasteiger partial charge in [-0.2, -0.15) is 0 Å². The zero-order valence-corrected chi connectivity index (χ0v) is 14.8. The highest BCUT2D eigenvalue weighted by Gasteiger charge is 2.21. The maximum Gasteiger partial charge on any atom is 0.254 e. The molecule has 4 rings (SSSR count). The third kappa shape index (κ3) is 3.76. The number of amides is 1. The molecular weight excluding hydrogens is 360 g/mol. The highest BCUT2D eigenvalue weighted by atomic mass is 19.1. The van der Waals surface area contributed by atoms with Gasteiger partial charge in [-0.3, -0.25) is 4.79 Å². The number of nitrogens with zero attached hydrogens (tertiary/aromatic N) is 1. The topological polar surface area (TPSA) is 57.8 Å². The molecule has 6 heteroatoms. The zero-order chi connectivity index (χ0) is 19.5. The smallest absolute Gasteiger partial charge is 0.254 e. The summed E-state index contributed by atoms with van der Waals surface area (Å²) in [5.74, 6) is -1.69. The minimum atomic E-state index is -0.902. The summed E-state index contributed by atoms with van der Waals surface area (Å²) in [5, 5.41) is 2.82. The second-order valence-electron chi connectivity index (χ2n) is 6.48. The van der Waals surface area contributed by atoms with E-state index in [4.69, 9.17) is 0 Å². The molecule has 0 saturated carbocycles. The van der Waals surface area contributed by atoms with Gasteiger partial charge < -0.3 is 10.3 Å². The van der Waals surface area contributed by atoms with Crippen LogP contribution in [0.1, 0.15) is 27.8 Å². The van der Waals surface area contributed by atoms with E-state index in [1.807, 2.05) is 54.6 Å². The van der Waals surface area contributed by atoms with Crippen molar-refractivity contribution in [1.82, 2.24) is 15.3 Å². The first-order valence-electron chi connectivity index (χ1n) is 8.84. The van der Waals surface area contributed by atoms with Crippen molar-refractivity contribution in [1.29, 1.82) is 0 Å². The first kappa shape index (κ1) is 17.9. The van der Waals surface area contributed by atoms with Crippen LogP contribution in [0.2, 0.25) is 0 Å². The van der Waals surface area contributed by atoms with E-state index in [1.165, 1.54) is 0 Å². The molecule has 0 saturated heterocycles. The molecule has 1 amide bonds. The monoisotopic (exact) mass is 377 g/mol. The highest BCUT2D eigenvalue weighted by Crippen LogP contribution is 2.21. The molecule has 0 spiro atoms. The standard InChI is InChI=1S/C22H17F2N3O/c23-15-10-11-16(17(24)13-15)22(28)27-20(12-14-6-2-1-3-7-14)21-25-18-8-4-5-9-19(18)26-21/h1-11,13,20H,12H2,(H,25,26)(H,27,28)/t20-/m1/s1. The normalized spacial score (nSPS) is 12.1. The largest absolute Gasteiger partial charge is 0.342 e. The number of carbonyl (C=O) groups excluding carboxylic acids is 1. The first-order chi connectivity index (χ1) is 13.6. The second-order valence-corrected chi connectivity index (χ2v) is 6.48. The summed E-state index contributed by atoms with van der Waals surface area (Å²) in [6, 6.07) is 19.5. The van der Waals surface area contributed by atoms with Gasteiger partial charge in [0.25, 0.3) is 5.91 Å². The van der Waals surface area contributed by atoms with Crippen LogP contribution >= 0.6 is 0 Å². The lowest BCUT2D eigenvalue weighted by Gasteiger charge is -2.17. The number of aromatic nitrogens is 2. The molecule has 0 bridgehead atoms. The van der Waals surface area contributed by atoms with Crippen molar-refractivity contribution in [3.05, 3.63) is 101 Å². The number of nitrogens with one attached hydrogen (secondary N) is 2. The van der Waals surface area contributed by atoms with Gasteiger partial charge in [-0.25, -0.2) is 13.8 Å². The van der Waals surface area contributed by atoms with Crippen LogP contribution in [0.4, 0.5) is 8.78 Å². The molecule has 0 aliphatic heterocycles. The van der Waals surface area contributed by atoms with E-state index >= 15 is 0 Å². The molecule has 3 aromatic carbocycles. The Morgan fingerprint density at radius 1 is 1.00 bits per heavy atom. The van der Waals surface area contributed by atoms with E-state index in [2.05, 4.69) is 15.3 Å². The molecule has 4 aromatic rings. The van der Waals surface area contributed by atoms with Gasteiger partial charge in [0.2, 0.25) is 0 Å². The highest BCUT2D eigenvalue weighted by molar-refractivity contribution is 5.94.